The summed E-state index contributed by atoms with van der Waals surface area (Å²) in [6.45, 7) is 0. The Balaban J connectivity index is 2.04. The maximum Gasteiger partial charge on any atom is 0.228 e. The third kappa shape index (κ3) is 3.54. The SMILES string of the molecule is Nc1cc(NC(=O)Cc2ccc(F)c(F)c2)ccc1Br. The molecule has 6 heteroatoms. The molecular weight excluding hydrogens is 330 g/mol. The van der Waals surface area contributed by atoms with E-state index in [0.29, 0.717) is 16.9 Å². The van der Waals surface area contributed by atoms with Gasteiger partial charge in [0.1, 0.15) is 0 Å². The predicted molar refractivity (Wildman–Crippen MR) is 77.2 cm³/mol. The average molecular weight is 341 g/mol. The highest BCUT2D eigenvalue weighted by molar-refractivity contribution is 9.10. The molecule has 0 saturated carbocycles. The molecule has 3 nitrogen and oxygen atoms in total. The van der Waals surface area contributed by atoms with Crippen LogP contribution in [-0.2, 0) is 11.2 Å². The van der Waals surface area contributed by atoms with Crippen molar-refractivity contribution in [3.05, 3.63) is 58.1 Å². The second kappa shape index (κ2) is 6.00. The van der Waals surface area contributed by atoms with Crippen molar-refractivity contribution in [1.82, 2.24) is 0 Å². The molecule has 0 heterocycles. The van der Waals surface area contributed by atoms with Gasteiger partial charge in [-0.25, -0.2) is 8.78 Å². The third-order valence-electron chi connectivity index (χ3n) is 2.63. The molecule has 2 rings (SSSR count). The van der Waals surface area contributed by atoms with Crippen LogP contribution >= 0.6 is 15.9 Å². The summed E-state index contributed by atoms with van der Waals surface area (Å²) in [4.78, 5) is 11.8. The number of anilines is 2. The molecule has 0 spiro atoms. The highest BCUT2D eigenvalue weighted by atomic mass is 79.9. The summed E-state index contributed by atoms with van der Waals surface area (Å²) >= 11 is 3.25. The predicted octanol–water partition coefficient (Wildman–Crippen LogP) is 3.49. The highest BCUT2D eigenvalue weighted by Gasteiger charge is 2.08. The number of halogens is 3. The van der Waals surface area contributed by atoms with Crippen molar-refractivity contribution in [2.24, 2.45) is 0 Å². The van der Waals surface area contributed by atoms with Gasteiger partial charge >= 0.3 is 0 Å². The average Bonchev–Trinajstić information content (AvgIpc) is 2.38. The summed E-state index contributed by atoms with van der Waals surface area (Å²) < 4.78 is 26.5. The molecule has 2 aromatic carbocycles. The van der Waals surface area contributed by atoms with Gasteiger partial charge in [0.05, 0.1) is 6.42 Å². The quantitative estimate of drug-likeness (QED) is 0.840. The second-order valence-electron chi connectivity index (χ2n) is 4.21. The molecule has 1 amide bonds. The minimum Gasteiger partial charge on any atom is -0.398 e. The van der Waals surface area contributed by atoms with E-state index in [9.17, 15) is 13.6 Å². The Morgan fingerprint density at radius 3 is 2.55 bits per heavy atom. The van der Waals surface area contributed by atoms with E-state index in [-0.39, 0.29) is 12.3 Å². The lowest BCUT2D eigenvalue weighted by Crippen LogP contribution is -2.14. The zero-order chi connectivity index (χ0) is 14.7. The van der Waals surface area contributed by atoms with Crippen LogP contribution in [-0.4, -0.2) is 5.91 Å². The maximum atomic E-state index is 13.0. The lowest BCUT2D eigenvalue weighted by Gasteiger charge is -2.07. The number of nitrogen functional groups attached to an aromatic ring is 1. The van der Waals surface area contributed by atoms with Crippen molar-refractivity contribution in [1.29, 1.82) is 0 Å². The first kappa shape index (κ1) is 14.5. The van der Waals surface area contributed by atoms with Gasteiger partial charge in [-0.3, -0.25) is 4.79 Å². The minimum atomic E-state index is -0.969. The summed E-state index contributed by atoms with van der Waals surface area (Å²) in [7, 11) is 0. The van der Waals surface area contributed by atoms with E-state index in [1.165, 1.54) is 6.07 Å². The molecule has 0 aliphatic heterocycles. The summed E-state index contributed by atoms with van der Waals surface area (Å²) in [5, 5.41) is 2.64. The van der Waals surface area contributed by atoms with Crippen molar-refractivity contribution < 1.29 is 13.6 Å². The van der Waals surface area contributed by atoms with E-state index < -0.39 is 11.6 Å². The number of hydrogen-bond acceptors (Lipinski definition) is 2. The molecule has 0 atom stereocenters. The van der Waals surface area contributed by atoms with Crippen LogP contribution in [0.3, 0.4) is 0 Å². The van der Waals surface area contributed by atoms with E-state index in [4.69, 9.17) is 5.73 Å². The Bertz CT molecular complexity index is 606. The first-order chi connectivity index (χ1) is 9.45. The second-order valence-corrected chi connectivity index (χ2v) is 5.06. The van der Waals surface area contributed by atoms with Gasteiger partial charge in [-0.15, -0.1) is 0 Å². The first-order valence-corrected chi connectivity index (χ1v) is 6.54. The van der Waals surface area contributed by atoms with Crippen molar-refractivity contribution >= 4 is 33.2 Å². The van der Waals surface area contributed by atoms with Gasteiger partial charge in [0.2, 0.25) is 5.91 Å². The van der Waals surface area contributed by atoms with Gasteiger partial charge in [0.15, 0.2) is 11.6 Å². The van der Waals surface area contributed by atoms with Crippen LogP contribution in [0.15, 0.2) is 40.9 Å². The van der Waals surface area contributed by atoms with Crippen molar-refractivity contribution in [2.45, 2.75) is 6.42 Å². The number of nitrogens with two attached hydrogens (primary N) is 1. The topological polar surface area (TPSA) is 55.1 Å². The lowest BCUT2D eigenvalue weighted by molar-refractivity contribution is -0.115. The van der Waals surface area contributed by atoms with E-state index in [1.807, 2.05) is 0 Å². The van der Waals surface area contributed by atoms with Crippen molar-refractivity contribution in [2.75, 3.05) is 11.1 Å². The van der Waals surface area contributed by atoms with E-state index in [2.05, 4.69) is 21.2 Å². The molecule has 0 unspecified atom stereocenters. The van der Waals surface area contributed by atoms with Crippen LogP contribution in [0.25, 0.3) is 0 Å². The number of hydrogen-bond donors (Lipinski definition) is 2. The summed E-state index contributed by atoms with van der Waals surface area (Å²) in [5.41, 5.74) is 7.13. The van der Waals surface area contributed by atoms with Crippen LogP contribution in [0.5, 0.6) is 0 Å². The Hall–Kier alpha value is -1.95. The smallest absolute Gasteiger partial charge is 0.228 e. The monoisotopic (exact) mass is 340 g/mol. The molecule has 0 fully saturated rings. The number of benzene rings is 2. The van der Waals surface area contributed by atoms with Crippen LogP contribution in [0, 0.1) is 11.6 Å². The molecule has 0 bridgehead atoms. The molecule has 20 heavy (non-hydrogen) atoms. The maximum absolute atomic E-state index is 13.0. The molecule has 3 N–H and O–H groups in total. The van der Waals surface area contributed by atoms with E-state index in [1.54, 1.807) is 18.2 Å². The van der Waals surface area contributed by atoms with E-state index >= 15 is 0 Å². The van der Waals surface area contributed by atoms with Gasteiger partial charge in [0, 0.05) is 15.8 Å². The zero-order valence-corrected chi connectivity index (χ0v) is 11.9. The Labute approximate surface area is 122 Å². The van der Waals surface area contributed by atoms with Crippen molar-refractivity contribution in [3.63, 3.8) is 0 Å². The Kier molecular flexibility index (Phi) is 4.34. The summed E-state index contributed by atoms with van der Waals surface area (Å²) in [5.74, 6) is -2.24. The van der Waals surface area contributed by atoms with Crippen LogP contribution in [0.4, 0.5) is 20.2 Å². The van der Waals surface area contributed by atoms with Gasteiger partial charge in [0.25, 0.3) is 0 Å². The van der Waals surface area contributed by atoms with E-state index in [0.717, 1.165) is 16.6 Å². The fraction of sp³-hybridized carbons (Fsp3) is 0.0714. The molecule has 0 aliphatic carbocycles. The number of rotatable bonds is 3. The standard InChI is InChI=1S/C14H11BrF2N2O/c15-10-3-2-9(7-13(10)18)19-14(20)6-8-1-4-11(16)12(17)5-8/h1-5,7H,6,18H2,(H,19,20). The van der Waals surface area contributed by atoms with Crippen LogP contribution in [0.2, 0.25) is 0 Å². The molecule has 104 valence electrons. The lowest BCUT2D eigenvalue weighted by atomic mass is 10.1. The van der Waals surface area contributed by atoms with Gasteiger partial charge in [-0.05, 0) is 51.8 Å². The number of amides is 1. The largest absolute Gasteiger partial charge is 0.398 e. The van der Waals surface area contributed by atoms with Gasteiger partial charge in [-0.1, -0.05) is 6.07 Å². The van der Waals surface area contributed by atoms with Crippen molar-refractivity contribution in [3.8, 4) is 0 Å². The molecule has 2 aromatic rings. The first-order valence-electron chi connectivity index (χ1n) is 5.74. The minimum absolute atomic E-state index is 0.0484. The van der Waals surface area contributed by atoms with Crippen LogP contribution < -0.4 is 11.1 Å². The van der Waals surface area contributed by atoms with Gasteiger partial charge < -0.3 is 11.1 Å². The fourth-order valence-corrected chi connectivity index (χ4v) is 1.91. The molecule has 0 saturated heterocycles. The normalized spacial score (nSPS) is 10.3. The summed E-state index contributed by atoms with van der Waals surface area (Å²) in [6, 6.07) is 8.37. The zero-order valence-electron chi connectivity index (χ0n) is 10.3. The molecule has 0 radical (unpaired) electrons. The third-order valence-corrected chi connectivity index (χ3v) is 3.35. The fourth-order valence-electron chi connectivity index (χ4n) is 1.66. The number of nitrogens with one attached hydrogen (secondary N) is 1. The Morgan fingerprint density at radius 2 is 1.90 bits per heavy atom. The highest BCUT2D eigenvalue weighted by Crippen LogP contribution is 2.23. The molecule has 0 aliphatic rings. The number of carbonyl (C=O) groups excluding carboxylic acids is 1. The Morgan fingerprint density at radius 1 is 1.15 bits per heavy atom. The van der Waals surface area contributed by atoms with Gasteiger partial charge in [-0.2, -0.15) is 0 Å². The molecule has 0 aromatic heterocycles. The summed E-state index contributed by atoms with van der Waals surface area (Å²) in [6.07, 6.45) is -0.0484. The molecular formula is C14H11BrF2N2O. The number of carbonyl (C=O) groups is 1. The van der Waals surface area contributed by atoms with Crippen LogP contribution in [0.1, 0.15) is 5.56 Å².